The molecule has 35 heavy (non-hydrogen) atoms. The molecular formula is C22H21Br2ClF4N2O3Si. The van der Waals surface area contributed by atoms with Crippen LogP contribution in [0.1, 0.15) is 15.9 Å². The summed E-state index contributed by atoms with van der Waals surface area (Å²) in [6, 6.07) is 5.34. The van der Waals surface area contributed by atoms with Gasteiger partial charge in [-0.25, -0.2) is 9.18 Å². The SMILES string of the molecule is C[Si](C)(C)CCOCn1c(=O)n(CC(F)(F)F)c2cc(Br)c(C(=O)c3cc(F)ccc3Cl)c(Br)c21. The first kappa shape index (κ1) is 28.1. The molecule has 0 spiro atoms. The average Bonchev–Trinajstić information content (AvgIpc) is 2.96. The van der Waals surface area contributed by atoms with E-state index in [2.05, 4.69) is 51.5 Å². The maximum Gasteiger partial charge on any atom is 0.406 e. The Morgan fingerprint density at radius 3 is 2.40 bits per heavy atom. The number of aromatic nitrogens is 2. The smallest absolute Gasteiger partial charge is 0.361 e. The van der Waals surface area contributed by atoms with Crippen molar-refractivity contribution in [3.8, 4) is 0 Å². The Balaban J connectivity index is 2.19. The maximum atomic E-state index is 13.8. The number of imidazole rings is 1. The molecule has 5 nitrogen and oxygen atoms in total. The summed E-state index contributed by atoms with van der Waals surface area (Å²) in [4.78, 5) is 26.3. The molecule has 3 rings (SSSR count). The molecule has 0 N–H and O–H groups in total. The van der Waals surface area contributed by atoms with Crippen molar-refractivity contribution < 1.29 is 27.1 Å². The van der Waals surface area contributed by atoms with E-state index in [-0.39, 0.29) is 42.9 Å². The lowest BCUT2D eigenvalue weighted by Crippen LogP contribution is -2.30. The van der Waals surface area contributed by atoms with Gasteiger partial charge in [0.1, 0.15) is 19.1 Å². The molecule has 1 heterocycles. The minimum atomic E-state index is -4.66. The summed E-state index contributed by atoms with van der Waals surface area (Å²) in [6.45, 7) is 4.92. The van der Waals surface area contributed by atoms with Crippen molar-refractivity contribution >= 4 is 68.4 Å². The number of carbonyl (C=O) groups excluding carboxylic acids is 1. The Morgan fingerprint density at radius 1 is 1.14 bits per heavy atom. The van der Waals surface area contributed by atoms with Gasteiger partial charge in [0, 0.05) is 24.7 Å². The third kappa shape index (κ3) is 6.45. The van der Waals surface area contributed by atoms with Crippen LogP contribution in [-0.2, 0) is 18.0 Å². The zero-order valence-corrected chi connectivity index (χ0v) is 23.8. The number of hydrogen-bond acceptors (Lipinski definition) is 3. The summed E-state index contributed by atoms with van der Waals surface area (Å²) < 4.78 is 61.1. The van der Waals surface area contributed by atoms with Crippen LogP contribution in [0, 0.1) is 5.82 Å². The number of fused-ring (bicyclic) bond motifs is 1. The van der Waals surface area contributed by atoms with Crippen molar-refractivity contribution in [3.63, 3.8) is 0 Å². The maximum absolute atomic E-state index is 13.8. The van der Waals surface area contributed by atoms with Crippen molar-refractivity contribution in [2.45, 2.75) is 45.1 Å². The van der Waals surface area contributed by atoms with Gasteiger partial charge in [0.2, 0.25) is 0 Å². The van der Waals surface area contributed by atoms with Crippen LogP contribution in [0.3, 0.4) is 0 Å². The minimum Gasteiger partial charge on any atom is -0.361 e. The fourth-order valence-electron chi connectivity index (χ4n) is 3.40. The normalized spacial score (nSPS) is 12.5. The van der Waals surface area contributed by atoms with Gasteiger partial charge < -0.3 is 4.74 Å². The second-order valence-electron chi connectivity index (χ2n) is 9.13. The predicted molar refractivity (Wildman–Crippen MR) is 137 cm³/mol. The number of ketones is 1. The standard InChI is InChI=1S/C22H21Br2ClF4N2O3Si/c1-35(2,3)7-6-34-11-31-19-16(30(21(31)33)10-22(27,28)29)9-14(23)17(18(19)24)20(32)13-8-12(26)4-5-15(13)25/h4-5,8-9H,6-7,10-11H2,1-3H3. The Morgan fingerprint density at radius 2 is 1.80 bits per heavy atom. The van der Waals surface area contributed by atoms with Gasteiger partial charge in [-0.15, -0.1) is 0 Å². The summed E-state index contributed by atoms with van der Waals surface area (Å²) in [7, 11) is -1.45. The van der Waals surface area contributed by atoms with E-state index in [4.69, 9.17) is 16.3 Å². The fourth-order valence-corrected chi connectivity index (χ4v) is 6.04. The lowest BCUT2D eigenvalue weighted by molar-refractivity contribution is -0.140. The van der Waals surface area contributed by atoms with Gasteiger partial charge in [-0.3, -0.25) is 13.9 Å². The summed E-state index contributed by atoms with van der Waals surface area (Å²) in [5, 5.41) is -0.00277. The number of benzene rings is 2. The topological polar surface area (TPSA) is 53.2 Å². The Bertz CT molecular complexity index is 1350. The Hall–Kier alpha value is -1.47. The third-order valence-corrected chi connectivity index (χ3v) is 8.58. The third-order valence-electron chi connectivity index (χ3n) is 5.15. The van der Waals surface area contributed by atoms with Crippen molar-refractivity contribution in [1.29, 1.82) is 0 Å². The van der Waals surface area contributed by atoms with E-state index in [1.807, 2.05) is 0 Å². The van der Waals surface area contributed by atoms with Gasteiger partial charge in [-0.2, -0.15) is 13.2 Å². The molecule has 1 aromatic heterocycles. The lowest BCUT2D eigenvalue weighted by atomic mass is 10.0. The van der Waals surface area contributed by atoms with Gasteiger partial charge in [-0.1, -0.05) is 31.2 Å². The van der Waals surface area contributed by atoms with E-state index < -0.39 is 38.1 Å². The lowest BCUT2D eigenvalue weighted by Gasteiger charge is -2.16. The monoisotopic (exact) mass is 658 g/mol. The van der Waals surface area contributed by atoms with E-state index in [9.17, 15) is 27.2 Å². The Labute approximate surface area is 221 Å². The number of nitrogens with zero attached hydrogens (tertiary/aromatic N) is 2. The minimum absolute atomic E-state index is 0.00277. The van der Waals surface area contributed by atoms with Gasteiger partial charge in [-0.05, 0) is 62.2 Å². The number of ether oxygens (including phenoxy) is 1. The Kier molecular flexibility index (Phi) is 8.42. The zero-order chi connectivity index (χ0) is 26.3. The number of carbonyl (C=O) groups is 1. The average molecular weight is 661 g/mol. The van der Waals surface area contributed by atoms with Gasteiger partial charge in [0.25, 0.3) is 0 Å². The van der Waals surface area contributed by atoms with Crippen LogP contribution in [0.15, 0.2) is 38.0 Å². The highest BCUT2D eigenvalue weighted by atomic mass is 79.9. The fraction of sp³-hybridized carbons (Fsp3) is 0.364. The molecule has 0 aliphatic heterocycles. The molecule has 0 saturated carbocycles. The highest BCUT2D eigenvalue weighted by molar-refractivity contribution is 9.11. The van der Waals surface area contributed by atoms with Crippen LogP contribution >= 0.6 is 43.5 Å². The summed E-state index contributed by atoms with van der Waals surface area (Å²) in [5.41, 5.74) is -1.10. The van der Waals surface area contributed by atoms with Gasteiger partial charge >= 0.3 is 11.9 Å². The first-order valence-electron chi connectivity index (χ1n) is 10.4. The van der Waals surface area contributed by atoms with E-state index in [1.54, 1.807) is 0 Å². The second kappa shape index (κ2) is 10.5. The summed E-state index contributed by atoms with van der Waals surface area (Å²) in [5.74, 6) is -1.37. The number of alkyl halides is 3. The van der Waals surface area contributed by atoms with Crippen molar-refractivity contribution in [3.05, 3.63) is 65.7 Å². The molecule has 0 atom stereocenters. The summed E-state index contributed by atoms with van der Waals surface area (Å²) >= 11 is 12.6. The van der Waals surface area contributed by atoms with Crippen LogP contribution in [0.25, 0.3) is 11.0 Å². The van der Waals surface area contributed by atoms with Crippen molar-refractivity contribution in [2.24, 2.45) is 0 Å². The molecule has 2 aromatic carbocycles. The van der Waals surface area contributed by atoms with Crippen LogP contribution < -0.4 is 5.69 Å². The second-order valence-corrected chi connectivity index (χ2v) is 16.8. The van der Waals surface area contributed by atoms with Crippen LogP contribution in [0.5, 0.6) is 0 Å². The first-order chi connectivity index (χ1) is 16.1. The largest absolute Gasteiger partial charge is 0.406 e. The molecule has 0 unspecified atom stereocenters. The molecule has 0 aliphatic rings. The molecule has 0 aliphatic carbocycles. The predicted octanol–water partition coefficient (Wildman–Crippen LogP) is 7.23. The van der Waals surface area contributed by atoms with Gasteiger partial charge in [0.05, 0.1) is 26.1 Å². The summed E-state index contributed by atoms with van der Waals surface area (Å²) in [6.07, 6.45) is -4.66. The van der Waals surface area contributed by atoms with E-state index in [0.29, 0.717) is 11.2 Å². The van der Waals surface area contributed by atoms with Crippen LogP contribution in [0.4, 0.5) is 17.6 Å². The molecule has 0 fully saturated rings. The molecule has 3 aromatic rings. The van der Waals surface area contributed by atoms with Gasteiger partial charge in [0.15, 0.2) is 5.78 Å². The zero-order valence-electron chi connectivity index (χ0n) is 18.9. The van der Waals surface area contributed by atoms with E-state index in [1.165, 1.54) is 12.1 Å². The number of hydrogen-bond donors (Lipinski definition) is 0. The quantitative estimate of drug-likeness (QED) is 0.111. The van der Waals surface area contributed by atoms with E-state index in [0.717, 1.165) is 22.7 Å². The highest BCUT2D eigenvalue weighted by Crippen LogP contribution is 2.37. The van der Waals surface area contributed by atoms with Crippen LogP contribution in [0.2, 0.25) is 30.7 Å². The van der Waals surface area contributed by atoms with Crippen molar-refractivity contribution in [2.75, 3.05) is 6.61 Å². The molecule has 13 heteroatoms. The number of rotatable bonds is 8. The number of halogens is 7. The molecule has 0 saturated heterocycles. The molecule has 0 amide bonds. The molecular weight excluding hydrogens is 640 g/mol. The molecule has 190 valence electrons. The molecule has 0 bridgehead atoms. The highest BCUT2D eigenvalue weighted by Gasteiger charge is 2.32. The molecule has 0 radical (unpaired) electrons. The van der Waals surface area contributed by atoms with E-state index >= 15 is 0 Å². The van der Waals surface area contributed by atoms with Crippen molar-refractivity contribution in [1.82, 2.24) is 9.13 Å². The van der Waals surface area contributed by atoms with Crippen LogP contribution in [-0.4, -0.2) is 35.8 Å². The first-order valence-corrected chi connectivity index (χ1v) is 16.0.